The van der Waals surface area contributed by atoms with E-state index in [2.05, 4.69) is 57.5 Å². The number of carbonyl (C=O) groups excluding carboxylic acids is 2. The number of fused-ring (bicyclic) bond motifs is 1. The van der Waals surface area contributed by atoms with Crippen molar-refractivity contribution in [2.75, 3.05) is 16.8 Å². The summed E-state index contributed by atoms with van der Waals surface area (Å²) in [6.45, 7) is 14.4. The Kier molecular flexibility index (Phi) is 13.7. The molecular formula is C58H58FN5O5. The quantitative estimate of drug-likeness (QED) is 0.114. The summed E-state index contributed by atoms with van der Waals surface area (Å²) in [5, 5.41) is 4.85. The van der Waals surface area contributed by atoms with Crippen LogP contribution >= 0.6 is 0 Å². The van der Waals surface area contributed by atoms with Gasteiger partial charge < -0.3 is 24.1 Å². The molecule has 0 bridgehead atoms. The fourth-order valence-corrected chi connectivity index (χ4v) is 8.66. The highest BCUT2D eigenvalue weighted by Crippen LogP contribution is 2.46. The van der Waals surface area contributed by atoms with Crippen LogP contribution < -0.4 is 15.0 Å². The van der Waals surface area contributed by atoms with Crippen LogP contribution in [0.25, 0.3) is 22.0 Å². The van der Waals surface area contributed by atoms with Gasteiger partial charge in [-0.25, -0.2) is 23.9 Å². The highest BCUT2D eigenvalue weighted by Gasteiger charge is 2.43. The minimum atomic E-state index is -1.04. The van der Waals surface area contributed by atoms with E-state index in [1.807, 2.05) is 117 Å². The predicted octanol–water partition coefficient (Wildman–Crippen LogP) is 13.9. The molecule has 0 aliphatic heterocycles. The number of rotatable bonds is 13. The van der Waals surface area contributed by atoms with Gasteiger partial charge in [0, 0.05) is 34.6 Å². The van der Waals surface area contributed by atoms with Gasteiger partial charge in [-0.15, -0.1) is 0 Å². The first kappa shape index (κ1) is 47.7. The Morgan fingerprint density at radius 2 is 1.23 bits per heavy atom. The summed E-state index contributed by atoms with van der Waals surface area (Å²) in [7, 11) is 0. The second kappa shape index (κ2) is 19.8. The number of imidazole rings is 1. The number of nitrogens with one attached hydrogen (secondary N) is 1. The molecule has 69 heavy (non-hydrogen) atoms. The van der Waals surface area contributed by atoms with Crippen molar-refractivity contribution in [3.63, 3.8) is 0 Å². The van der Waals surface area contributed by atoms with Gasteiger partial charge in [0.1, 0.15) is 28.6 Å². The molecule has 0 spiro atoms. The van der Waals surface area contributed by atoms with Gasteiger partial charge in [0.2, 0.25) is 0 Å². The van der Waals surface area contributed by atoms with Crippen molar-refractivity contribution in [3.8, 4) is 17.0 Å². The molecule has 8 aromatic rings. The van der Waals surface area contributed by atoms with E-state index in [0.29, 0.717) is 40.0 Å². The van der Waals surface area contributed by atoms with Crippen molar-refractivity contribution in [1.29, 1.82) is 0 Å². The average molecular weight is 924 g/mol. The van der Waals surface area contributed by atoms with Crippen molar-refractivity contribution < 1.29 is 28.2 Å². The second-order valence-electron chi connectivity index (χ2n) is 18.8. The highest BCUT2D eigenvalue weighted by molar-refractivity contribution is 6.14. The molecule has 1 N–H and O–H groups in total. The van der Waals surface area contributed by atoms with Crippen molar-refractivity contribution in [1.82, 2.24) is 14.5 Å². The molecule has 0 saturated carbocycles. The van der Waals surface area contributed by atoms with Crippen LogP contribution in [0.1, 0.15) is 95.1 Å². The maximum atomic E-state index is 17.6. The summed E-state index contributed by atoms with van der Waals surface area (Å²) in [5.41, 5.74) is 3.33. The van der Waals surface area contributed by atoms with Crippen LogP contribution in [0.15, 0.2) is 170 Å². The average Bonchev–Trinajstić information content (AvgIpc) is 3.77. The Balaban J connectivity index is 1.41. The molecule has 8 rings (SSSR count). The van der Waals surface area contributed by atoms with E-state index < -0.39 is 40.8 Å². The Morgan fingerprint density at radius 3 is 1.74 bits per heavy atom. The number of imide groups is 1. The summed E-state index contributed by atoms with van der Waals surface area (Å²) in [6.07, 6.45) is 2.33. The summed E-state index contributed by atoms with van der Waals surface area (Å²) < 4.78 is 37.3. The molecule has 1 atom stereocenters. The molecule has 2 heterocycles. The topological polar surface area (TPSA) is 108 Å². The Morgan fingerprint density at radius 1 is 0.696 bits per heavy atom. The van der Waals surface area contributed by atoms with Crippen LogP contribution in [-0.2, 0) is 21.4 Å². The molecule has 6 aromatic carbocycles. The zero-order valence-corrected chi connectivity index (χ0v) is 40.4. The zero-order valence-electron chi connectivity index (χ0n) is 40.4. The third-order valence-electron chi connectivity index (χ3n) is 11.6. The smallest absolute Gasteiger partial charge is 0.425 e. The van der Waals surface area contributed by atoms with E-state index in [1.165, 1.54) is 6.20 Å². The minimum Gasteiger partial charge on any atom is -0.491 e. The maximum Gasteiger partial charge on any atom is 0.425 e. The normalized spacial score (nSPS) is 12.3. The SMILES string of the molecule is CCOc1cc(CC)cc(C(Nc2ccc3c(N(C(=O)OC(C)(C)C)C(=O)OC(C)(C)C)nccc3c2)c2nc(-c3ccccc3)cn2C(c2ccccc2)(c2ccccc2)c2ccccc2)c1F. The molecule has 352 valence electrons. The molecule has 0 radical (unpaired) electrons. The van der Waals surface area contributed by atoms with Crippen molar-refractivity contribution >= 4 is 34.5 Å². The summed E-state index contributed by atoms with van der Waals surface area (Å²) in [6, 6.07) is 50.8. The van der Waals surface area contributed by atoms with Crippen LogP contribution in [0.2, 0.25) is 0 Å². The van der Waals surface area contributed by atoms with E-state index in [0.717, 1.165) is 32.7 Å². The van der Waals surface area contributed by atoms with Crippen LogP contribution in [0.5, 0.6) is 5.75 Å². The van der Waals surface area contributed by atoms with Gasteiger partial charge >= 0.3 is 12.2 Å². The molecule has 1 unspecified atom stereocenters. The van der Waals surface area contributed by atoms with Gasteiger partial charge in [0.25, 0.3) is 0 Å². The third-order valence-corrected chi connectivity index (χ3v) is 11.6. The van der Waals surface area contributed by atoms with Crippen molar-refractivity contribution in [3.05, 3.63) is 210 Å². The molecule has 10 nitrogen and oxygen atoms in total. The third kappa shape index (κ3) is 10.1. The van der Waals surface area contributed by atoms with Gasteiger partial charge in [0.05, 0.1) is 12.3 Å². The van der Waals surface area contributed by atoms with Crippen LogP contribution in [0.4, 0.5) is 25.5 Å². The summed E-state index contributed by atoms with van der Waals surface area (Å²) in [5.74, 6) is 0.156. The summed E-state index contributed by atoms with van der Waals surface area (Å²) in [4.78, 5) is 38.6. The Bertz CT molecular complexity index is 2930. The summed E-state index contributed by atoms with van der Waals surface area (Å²) >= 11 is 0. The monoisotopic (exact) mass is 923 g/mol. The van der Waals surface area contributed by atoms with Gasteiger partial charge in [0.15, 0.2) is 17.4 Å². The molecule has 0 aliphatic carbocycles. The standard InChI is InChI=1S/C58H58FN5O5/c1-9-39-35-47(50(59)49(36-39)67-10-2)51(61-45-31-32-46-41(37-45)33-34-60-52(46)64(54(65)68-56(3,4)5)55(66)69-57(6,7)8)53-62-48(40-23-15-11-16-24-40)38-63(53)58(42-25-17-12-18-26-42,43-27-19-13-20-28-43)44-29-21-14-22-30-44/h11-38,51,61H,9-10H2,1-8H3. The number of nitrogens with zero attached hydrogens (tertiary/aromatic N) is 4. The van der Waals surface area contributed by atoms with Gasteiger partial charge in [-0.2, -0.15) is 4.90 Å². The first-order valence-electron chi connectivity index (χ1n) is 23.3. The van der Waals surface area contributed by atoms with Crippen molar-refractivity contribution in [2.45, 2.75) is 84.6 Å². The molecule has 0 fully saturated rings. The molecule has 0 saturated heterocycles. The number of amides is 2. The lowest BCUT2D eigenvalue weighted by Gasteiger charge is -2.39. The number of benzene rings is 6. The fourth-order valence-electron chi connectivity index (χ4n) is 8.66. The Hall–Kier alpha value is -7.79. The largest absolute Gasteiger partial charge is 0.491 e. The van der Waals surface area contributed by atoms with Gasteiger partial charge in [-0.3, -0.25) is 0 Å². The van der Waals surface area contributed by atoms with Crippen LogP contribution in [0.3, 0.4) is 0 Å². The van der Waals surface area contributed by atoms with E-state index in [9.17, 15) is 9.59 Å². The highest BCUT2D eigenvalue weighted by atomic mass is 19.1. The van der Waals surface area contributed by atoms with Gasteiger partial charge in [-0.05, 0) is 113 Å². The second-order valence-corrected chi connectivity index (χ2v) is 18.8. The number of aromatic nitrogens is 3. The minimum absolute atomic E-state index is 0.0311. The number of carbonyl (C=O) groups is 2. The number of hydrogen-bond acceptors (Lipinski definition) is 8. The zero-order chi connectivity index (χ0) is 48.9. The van der Waals surface area contributed by atoms with E-state index in [4.69, 9.17) is 19.2 Å². The molecular weight excluding hydrogens is 866 g/mol. The molecule has 2 amide bonds. The first-order chi connectivity index (χ1) is 33.1. The number of aryl methyl sites for hydroxylation is 1. The predicted molar refractivity (Wildman–Crippen MR) is 271 cm³/mol. The lowest BCUT2D eigenvalue weighted by Crippen LogP contribution is -2.44. The van der Waals surface area contributed by atoms with E-state index >= 15 is 4.39 Å². The van der Waals surface area contributed by atoms with E-state index in [1.54, 1.807) is 59.7 Å². The first-order valence-corrected chi connectivity index (χ1v) is 23.3. The molecule has 0 aliphatic rings. The number of anilines is 2. The Labute approximate surface area is 403 Å². The van der Waals surface area contributed by atoms with Gasteiger partial charge in [-0.1, -0.05) is 134 Å². The number of hydrogen-bond donors (Lipinski definition) is 1. The number of halogens is 1. The maximum absolute atomic E-state index is 17.6. The number of pyridine rings is 1. The van der Waals surface area contributed by atoms with E-state index in [-0.39, 0.29) is 18.2 Å². The lowest BCUT2D eigenvalue weighted by atomic mass is 9.76. The van der Waals surface area contributed by atoms with Crippen molar-refractivity contribution in [2.24, 2.45) is 0 Å². The molecule has 11 heteroatoms. The number of ether oxygens (including phenoxy) is 3. The fraction of sp³-hybridized carbons (Fsp3) is 0.241. The lowest BCUT2D eigenvalue weighted by molar-refractivity contribution is 0.0429. The molecule has 2 aromatic heterocycles. The van der Waals surface area contributed by atoms with Crippen LogP contribution in [0, 0.1) is 5.82 Å². The van der Waals surface area contributed by atoms with Crippen LogP contribution in [-0.4, -0.2) is 44.5 Å².